The average molecular weight is 321 g/mol. The summed E-state index contributed by atoms with van der Waals surface area (Å²) in [5, 5.41) is 6.69. The second-order valence-electron chi connectivity index (χ2n) is 6.02. The van der Waals surface area contributed by atoms with Gasteiger partial charge in [0.25, 0.3) is 0 Å². The first-order valence-electron chi connectivity index (χ1n) is 8.22. The van der Waals surface area contributed by atoms with Crippen LogP contribution >= 0.6 is 0 Å². The number of hydrogen-bond acceptors (Lipinski definition) is 3. The lowest BCUT2D eigenvalue weighted by Gasteiger charge is -2.22. The molecule has 126 valence electrons. The zero-order valence-corrected chi connectivity index (χ0v) is 13.6. The van der Waals surface area contributed by atoms with Crippen LogP contribution in [0.4, 0.5) is 4.39 Å². The van der Waals surface area contributed by atoms with E-state index >= 15 is 0 Å². The number of rotatable bonds is 5. The Kier molecular flexibility index (Phi) is 5.00. The van der Waals surface area contributed by atoms with Gasteiger partial charge in [0.1, 0.15) is 0 Å². The fourth-order valence-corrected chi connectivity index (χ4v) is 3.26. The van der Waals surface area contributed by atoms with Crippen LogP contribution in [0.5, 0.6) is 5.75 Å². The van der Waals surface area contributed by atoms with Crippen molar-refractivity contribution in [2.75, 3.05) is 13.7 Å². The predicted molar refractivity (Wildman–Crippen MR) is 87.2 cm³/mol. The molecule has 3 atom stereocenters. The third-order valence-corrected chi connectivity index (χ3v) is 4.41. The summed E-state index contributed by atoms with van der Waals surface area (Å²) in [4.78, 5) is 4.56. The number of aliphatic imine (C=N–C) groups is 1. The molecule has 2 saturated heterocycles. The van der Waals surface area contributed by atoms with Crippen molar-refractivity contribution in [1.82, 2.24) is 10.6 Å². The highest BCUT2D eigenvalue weighted by atomic mass is 19.1. The lowest BCUT2D eigenvalue weighted by Crippen LogP contribution is -2.47. The summed E-state index contributed by atoms with van der Waals surface area (Å²) in [7, 11) is 1.46. The zero-order chi connectivity index (χ0) is 16.2. The first-order valence-corrected chi connectivity index (χ1v) is 8.22. The highest BCUT2D eigenvalue weighted by Crippen LogP contribution is 2.34. The summed E-state index contributed by atoms with van der Waals surface area (Å²) in [5.41, 5.74) is 0.810. The standard InChI is InChI=1S/C17H24FN3O2/c1-3-19-17(21-14-9-12-5-7-16(14)23-12)20-10-11-4-6-15(22-2)13(18)8-11/h4,6,8,12,14,16H,3,5,7,9-10H2,1-2H3,(H2,19,20,21). The number of nitrogens with one attached hydrogen (secondary N) is 2. The maximum absolute atomic E-state index is 13.7. The fourth-order valence-electron chi connectivity index (χ4n) is 3.26. The summed E-state index contributed by atoms with van der Waals surface area (Å²) < 4.78 is 24.5. The van der Waals surface area contributed by atoms with E-state index in [9.17, 15) is 4.39 Å². The molecule has 2 heterocycles. The van der Waals surface area contributed by atoms with Gasteiger partial charge in [-0.25, -0.2) is 9.38 Å². The quantitative estimate of drug-likeness (QED) is 0.645. The molecular weight excluding hydrogens is 297 g/mol. The van der Waals surface area contributed by atoms with E-state index in [-0.39, 0.29) is 11.6 Å². The first-order chi connectivity index (χ1) is 11.2. The number of fused-ring (bicyclic) bond motifs is 2. The van der Waals surface area contributed by atoms with E-state index in [4.69, 9.17) is 9.47 Å². The molecule has 6 heteroatoms. The van der Waals surface area contributed by atoms with Crippen molar-refractivity contribution in [3.63, 3.8) is 0 Å². The van der Waals surface area contributed by atoms with Gasteiger partial charge in [0.2, 0.25) is 0 Å². The van der Waals surface area contributed by atoms with Gasteiger partial charge in [0, 0.05) is 6.54 Å². The van der Waals surface area contributed by atoms with Crippen LogP contribution in [0.25, 0.3) is 0 Å². The van der Waals surface area contributed by atoms with E-state index in [1.807, 2.05) is 13.0 Å². The predicted octanol–water partition coefficient (Wildman–Crippen LogP) is 2.21. The van der Waals surface area contributed by atoms with Gasteiger partial charge < -0.3 is 20.1 Å². The number of benzene rings is 1. The van der Waals surface area contributed by atoms with Crippen LogP contribution in [-0.4, -0.2) is 37.9 Å². The van der Waals surface area contributed by atoms with Crippen LogP contribution in [-0.2, 0) is 11.3 Å². The normalized spacial score (nSPS) is 26.4. The molecule has 2 aliphatic rings. The number of methoxy groups -OCH3 is 1. The molecule has 2 aliphatic heterocycles. The van der Waals surface area contributed by atoms with Crippen LogP contribution in [0, 0.1) is 5.82 Å². The monoisotopic (exact) mass is 321 g/mol. The number of ether oxygens (including phenoxy) is 2. The van der Waals surface area contributed by atoms with Crippen LogP contribution in [0.3, 0.4) is 0 Å². The van der Waals surface area contributed by atoms with Crippen molar-refractivity contribution >= 4 is 5.96 Å². The number of hydrogen-bond donors (Lipinski definition) is 2. The molecule has 0 spiro atoms. The zero-order valence-electron chi connectivity index (χ0n) is 13.6. The SMILES string of the molecule is CCNC(=NCc1ccc(OC)c(F)c1)NC1CC2CCC1O2. The van der Waals surface area contributed by atoms with E-state index in [1.165, 1.54) is 19.6 Å². The number of halogens is 1. The smallest absolute Gasteiger partial charge is 0.191 e. The fraction of sp³-hybridized carbons (Fsp3) is 0.588. The van der Waals surface area contributed by atoms with E-state index in [2.05, 4.69) is 15.6 Å². The summed E-state index contributed by atoms with van der Waals surface area (Å²) in [6.45, 7) is 3.23. The van der Waals surface area contributed by atoms with Crippen molar-refractivity contribution < 1.29 is 13.9 Å². The van der Waals surface area contributed by atoms with Crippen molar-refractivity contribution in [3.8, 4) is 5.75 Å². The average Bonchev–Trinajstić information content (AvgIpc) is 3.16. The topological polar surface area (TPSA) is 54.9 Å². The molecule has 2 N–H and O–H groups in total. The lowest BCUT2D eigenvalue weighted by molar-refractivity contribution is 0.0992. The van der Waals surface area contributed by atoms with Gasteiger partial charge >= 0.3 is 0 Å². The second-order valence-corrected chi connectivity index (χ2v) is 6.02. The van der Waals surface area contributed by atoms with E-state index in [1.54, 1.807) is 6.07 Å². The van der Waals surface area contributed by atoms with Crippen LogP contribution in [0.2, 0.25) is 0 Å². The molecule has 5 nitrogen and oxygen atoms in total. The molecule has 0 radical (unpaired) electrons. The number of guanidine groups is 1. The summed E-state index contributed by atoms with van der Waals surface area (Å²) in [6, 6.07) is 5.24. The minimum Gasteiger partial charge on any atom is -0.494 e. The first kappa shape index (κ1) is 16.1. The van der Waals surface area contributed by atoms with E-state index in [0.29, 0.717) is 24.8 Å². The Morgan fingerprint density at radius 1 is 1.43 bits per heavy atom. The largest absolute Gasteiger partial charge is 0.494 e. The molecule has 1 aromatic rings. The minimum absolute atomic E-state index is 0.252. The summed E-state index contributed by atoms with van der Waals surface area (Å²) in [6.07, 6.45) is 4.01. The van der Waals surface area contributed by atoms with Crippen LogP contribution < -0.4 is 15.4 Å². The Balaban J connectivity index is 1.63. The molecule has 2 bridgehead atoms. The molecule has 0 aliphatic carbocycles. The highest BCUT2D eigenvalue weighted by molar-refractivity contribution is 5.80. The van der Waals surface area contributed by atoms with Crippen LogP contribution in [0.1, 0.15) is 31.7 Å². The van der Waals surface area contributed by atoms with Crippen molar-refractivity contribution in [2.24, 2.45) is 4.99 Å². The Hall–Kier alpha value is -1.82. The van der Waals surface area contributed by atoms with Crippen LogP contribution in [0.15, 0.2) is 23.2 Å². The lowest BCUT2D eigenvalue weighted by atomic mass is 9.96. The van der Waals surface area contributed by atoms with Crippen molar-refractivity contribution in [1.29, 1.82) is 0 Å². The Morgan fingerprint density at radius 2 is 2.30 bits per heavy atom. The van der Waals surface area contributed by atoms with Gasteiger partial charge in [-0.2, -0.15) is 0 Å². The van der Waals surface area contributed by atoms with Gasteiger partial charge in [0.05, 0.1) is 31.9 Å². The second kappa shape index (κ2) is 7.17. The molecule has 23 heavy (non-hydrogen) atoms. The third kappa shape index (κ3) is 3.75. The van der Waals surface area contributed by atoms with Gasteiger partial charge in [-0.15, -0.1) is 0 Å². The van der Waals surface area contributed by atoms with E-state index in [0.717, 1.165) is 30.9 Å². The molecule has 1 aromatic carbocycles. The van der Waals surface area contributed by atoms with Gasteiger partial charge in [-0.1, -0.05) is 6.07 Å². The molecule has 3 rings (SSSR count). The maximum Gasteiger partial charge on any atom is 0.191 e. The third-order valence-electron chi connectivity index (χ3n) is 4.41. The Bertz CT molecular complexity index is 579. The molecule has 0 amide bonds. The minimum atomic E-state index is -0.361. The number of nitrogens with zero attached hydrogens (tertiary/aromatic N) is 1. The molecule has 3 unspecified atom stereocenters. The van der Waals surface area contributed by atoms with Crippen molar-refractivity contribution in [3.05, 3.63) is 29.6 Å². The Morgan fingerprint density at radius 3 is 2.91 bits per heavy atom. The Labute approximate surface area is 136 Å². The van der Waals surface area contributed by atoms with E-state index < -0.39 is 0 Å². The van der Waals surface area contributed by atoms with Gasteiger partial charge in [-0.3, -0.25) is 0 Å². The highest BCUT2D eigenvalue weighted by Gasteiger charge is 2.41. The van der Waals surface area contributed by atoms with Gasteiger partial charge in [0.15, 0.2) is 17.5 Å². The molecule has 0 aromatic heterocycles. The maximum atomic E-state index is 13.7. The van der Waals surface area contributed by atoms with Crippen molar-refractivity contribution in [2.45, 2.75) is 51.0 Å². The summed E-state index contributed by atoms with van der Waals surface area (Å²) in [5.74, 6) is 0.645. The summed E-state index contributed by atoms with van der Waals surface area (Å²) >= 11 is 0. The molecule has 0 saturated carbocycles. The molecular formula is C17H24FN3O2. The molecule has 2 fully saturated rings. The van der Waals surface area contributed by atoms with Gasteiger partial charge in [-0.05, 0) is 43.9 Å².